The van der Waals surface area contributed by atoms with Crippen molar-refractivity contribution in [1.82, 2.24) is 9.21 Å². The molecule has 0 saturated heterocycles. The fourth-order valence-electron chi connectivity index (χ4n) is 4.19. The van der Waals surface area contributed by atoms with Crippen molar-refractivity contribution in [1.29, 1.82) is 0 Å². The Morgan fingerprint density at radius 2 is 1.94 bits per heavy atom. The number of aromatic carboxylic acids is 1. The van der Waals surface area contributed by atoms with Crippen LogP contribution >= 0.6 is 0 Å². The lowest BCUT2D eigenvalue weighted by molar-refractivity contribution is 0.0697. The van der Waals surface area contributed by atoms with Gasteiger partial charge in [0, 0.05) is 31.6 Å². The molecule has 9 heteroatoms. The molecule has 0 aliphatic carbocycles. The highest BCUT2D eigenvalue weighted by Crippen LogP contribution is 2.34. The Balaban J connectivity index is 1.91. The van der Waals surface area contributed by atoms with Gasteiger partial charge in [-0.05, 0) is 56.3 Å². The summed E-state index contributed by atoms with van der Waals surface area (Å²) < 4.78 is 34.7. The number of allylic oxidation sites excluding steroid dienone is 1. The number of carbonyl (C=O) groups is 1. The lowest BCUT2D eigenvalue weighted by atomic mass is 10.0. The molecule has 0 amide bonds. The smallest absolute Gasteiger partial charge is 0.335 e. The molecule has 2 aromatic rings. The molecule has 0 unspecified atom stereocenters. The molecule has 0 aromatic heterocycles. The number of carboxylic acids is 1. The number of hydrogen-bond donors (Lipinski definition) is 2. The van der Waals surface area contributed by atoms with Gasteiger partial charge in [0.25, 0.3) is 0 Å². The Hall–Kier alpha value is -2.72. The van der Waals surface area contributed by atoms with Crippen molar-refractivity contribution in [3.8, 4) is 5.75 Å². The number of aliphatic hydroxyl groups is 1. The van der Waals surface area contributed by atoms with Crippen molar-refractivity contribution in [2.75, 3.05) is 26.7 Å². The zero-order valence-electron chi connectivity index (χ0n) is 20.6. The van der Waals surface area contributed by atoms with Gasteiger partial charge in [0.2, 0.25) is 10.0 Å². The van der Waals surface area contributed by atoms with Crippen molar-refractivity contribution in [2.45, 2.75) is 44.4 Å². The maximum atomic E-state index is 13.5. The highest BCUT2D eigenvalue weighted by Gasteiger charge is 2.38. The predicted molar refractivity (Wildman–Crippen MR) is 135 cm³/mol. The van der Waals surface area contributed by atoms with Crippen LogP contribution in [-0.4, -0.2) is 72.7 Å². The van der Waals surface area contributed by atoms with Gasteiger partial charge in [-0.25, -0.2) is 13.2 Å². The van der Waals surface area contributed by atoms with Crippen molar-refractivity contribution in [3.63, 3.8) is 0 Å². The number of aliphatic hydroxyl groups excluding tert-OH is 1. The van der Waals surface area contributed by atoms with Crippen molar-refractivity contribution < 1.29 is 28.2 Å². The first-order valence-corrected chi connectivity index (χ1v) is 13.1. The minimum atomic E-state index is -3.87. The topological polar surface area (TPSA) is 107 Å². The zero-order chi connectivity index (χ0) is 25.8. The molecule has 0 saturated carbocycles. The summed E-state index contributed by atoms with van der Waals surface area (Å²) in [4.78, 5) is 13.3. The molecule has 0 radical (unpaired) electrons. The van der Waals surface area contributed by atoms with E-state index in [1.807, 2.05) is 33.0 Å². The van der Waals surface area contributed by atoms with Crippen molar-refractivity contribution >= 4 is 22.1 Å². The third-order valence-corrected chi connectivity index (χ3v) is 8.21. The van der Waals surface area contributed by atoms with Crippen LogP contribution in [0.3, 0.4) is 0 Å². The summed E-state index contributed by atoms with van der Waals surface area (Å²) in [6.07, 6.45) is 3.44. The predicted octanol–water partition coefficient (Wildman–Crippen LogP) is 3.32. The van der Waals surface area contributed by atoms with E-state index < -0.39 is 22.0 Å². The van der Waals surface area contributed by atoms with E-state index >= 15 is 0 Å². The van der Waals surface area contributed by atoms with Gasteiger partial charge < -0.3 is 14.9 Å². The van der Waals surface area contributed by atoms with Gasteiger partial charge in [-0.15, -0.1) is 0 Å². The van der Waals surface area contributed by atoms with Crippen LogP contribution in [0.4, 0.5) is 0 Å². The van der Waals surface area contributed by atoms with E-state index in [0.717, 1.165) is 11.1 Å². The van der Waals surface area contributed by atoms with Crippen LogP contribution in [0.1, 0.15) is 42.3 Å². The molecule has 1 aliphatic heterocycles. The van der Waals surface area contributed by atoms with E-state index in [1.54, 1.807) is 49.4 Å². The van der Waals surface area contributed by atoms with Crippen LogP contribution in [0.15, 0.2) is 53.4 Å². The average molecular weight is 503 g/mol. The molecule has 0 bridgehead atoms. The zero-order valence-corrected chi connectivity index (χ0v) is 21.4. The first kappa shape index (κ1) is 26.9. The number of benzene rings is 2. The Bertz CT molecular complexity index is 1160. The third kappa shape index (κ3) is 6.29. The molecule has 190 valence electrons. The average Bonchev–Trinajstić information content (AvgIpc) is 2.81. The molecule has 0 spiro atoms. The molecular weight excluding hydrogens is 468 g/mol. The maximum Gasteiger partial charge on any atom is 0.335 e. The second kappa shape index (κ2) is 11.3. The molecule has 8 nitrogen and oxygen atoms in total. The number of rotatable bonds is 8. The van der Waals surface area contributed by atoms with Gasteiger partial charge in [0.05, 0.1) is 12.2 Å². The standard InChI is InChI=1S/C26H34N2O6S/c1-5-6-20-9-12-25-23(13-20)34-24(18(2)14-28(19(3)17-29)35(25,32)33)16-27(4)15-21-7-10-22(11-8-21)26(30)31/h5-13,18-19,24,29H,14-17H2,1-4H3,(H,30,31)/t18-,19+,24-/m0/s1. The Morgan fingerprint density at radius 3 is 2.54 bits per heavy atom. The fraction of sp³-hybridized carbons (Fsp3) is 0.423. The van der Waals surface area contributed by atoms with E-state index in [2.05, 4.69) is 4.90 Å². The van der Waals surface area contributed by atoms with Gasteiger partial charge in [-0.2, -0.15) is 4.31 Å². The summed E-state index contributed by atoms with van der Waals surface area (Å²) in [5.74, 6) is -0.824. The van der Waals surface area contributed by atoms with Crippen LogP contribution in [0.25, 0.3) is 6.08 Å². The Kier molecular flexibility index (Phi) is 8.71. The normalized spacial score (nSPS) is 21.2. The molecule has 35 heavy (non-hydrogen) atoms. The summed E-state index contributed by atoms with van der Waals surface area (Å²) in [7, 11) is -1.92. The monoisotopic (exact) mass is 502 g/mol. The van der Waals surface area contributed by atoms with E-state index in [4.69, 9.17) is 9.84 Å². The van der Waals surface area contributed by atoms with E-state index in [9.17, 15) is 18.3 Å². The largest absolute Gasteiger partial charge is 0.487 e. The van der Waals surface area contributed by atoms with E-state index in [0.29, 0.717) is 18.8 Å². The lowest BCUT2D eigenvalue weighted by Gasteiger charge is -2.37. The fourth-order valence-corrected chi connectivity index (χ4v) is 6.02. The lowest BCUT2D eigenvalue weighted by Crippen LogP contribution is -2.49. The Labute approximate surface area is 207 Å². The second-order valence-electron chi connectivity index (χ2n) is 9.14. The highest BCUT2D eigenvalue weighted by atomic mass is 32.2. The summed E-state index contributed by atoms with van der Waals surface area (Å²) in [5.41, 5.74) is 2.04. The molecular formula is C26H34N2O6S. The minimum absolute atomic E-state index is 0.0925. The number of nitrogens with zero attached hydrogens (tertiary/aromatic N) is 2. The van der Waals surface area contributed by atoms with Crippen LogP contribution in [0.5, 0.6) is 5.75 Å². The van der Waals surface area contributed by atoms with Crippen LogP contribution in [0, 0.1) is 5.92 Å². The molecule has 3 rings (SSSR count). The summed E-state index contributed by atoms with van der Waals surface area (Å²) in [6.45, 7) is 6.57. The molecule has 0 fully saturated rings. The van der Waals surface area contributed by atoms with Gasteiger partial charge in [-0.3, -0.25) is 4.90 Å². The number of sulfonamides is 1. The van der Waals surface area contributed by atoms with Gasteiger partial charge in [-0.1, -0.05) is 37.3 Å². The van der Waals surface area contributed by atoms with Gasteiger partial charge in [0.15, 0.2) is 0 Å². The number of likely N-dealkylation sites (N-methyl/N-ethyl adjacent to an activating group) is 1. The van der Waals surface area contributed by atoms with Gasteiger partial charge in [0.1, 0.15) is 16.7 Å². The quantitative estimate of drug-likeness (QED) is 0.570. The summed E-state index contributed by atoms with van der Waals surface area (Å²) >= 11 is 0. The molecule has 2 aromatic carbocycles. The van der Waals surface area contributed by atoms with Crippen molar-refractivity contribution in [2.24, 2.45) is 5.92 Å². The molecule has 1 heterocycles. The highest BCUT2D eigenvalue weighted by molar-refractivity contribution is 7.89. The SMILES string of the molecule is CC=Cc1ccc2c(c1)O[C@@H](CN(C)Cc1ccc(C(=O)O)cc1)[C@@H](C)CN([C@H](C)CO)S2(=O)=O. The van der Waals surface area contributed by atoms with Crippen molar-refractivity contribution in [3.05, 3.63) is 65.2 Å². The molecule has 1 aliphatic rings. The number of fused-ring (bicyclic) bond motifs is 1. The van der Waals surface area contributed by atoms with Crippen LogP contribution in [0.2, 0.25) is 0 Å². The third-order valence-electron chi connectivity index (χ3n) is 6.20. The summed E-state index contributed by atoms with van der Waals surface area (Å²) in [5, 5.41) is 18.9. The first-order chi connectivity index (χ1) is 16.6. The molecule has 3 atom stereocenters. The molecule has 2 N–H and O–H groups in total. The number of hydrogen-bond acceptors (Lipinski definition) is 6. The van der Waals surface area contributed by atoms with Gasteiger partial charge >= 0.3 is 5.97 Å². The number of carboxylic acid groups (broad SMARTS) is 1. The Morgan fingerprint density at radius 1 is 1.26 bits per heavy atom. The summed E-state index contributed by atoms with van der Waals surface area (Å²) in [6, 6.07) is 11.2. The van der Waals surface area contributed by atoms with Crippen LogP contribution < -0.4 is 4.74 Å². The first-order valence-electron chi connectivity index (χ1n) is 11.6. The second-order valence-corrected chi connectivity index (χ2v) is 11.0. The minimum Gasteiger partial charge on any atom is -0.487 e. The van der Waals surface area contributed by atoms with E-state index in [1.165, 1.54) is 4.31 Å². The van der Waals surface area contributed by atoms with E-state index in [-0.39, 0.29) is 35.6 Å². The maximum absolute atomic E-state index is 13.5. The number of ether oxygens (including phenoxy) is 1. The van der Waals surface area contributed by atoms with Crippen LogP contribution in [-0.2, 0) is 16.6 Å².